The first-order valence-corrected chi connectivity index (χ1v) is 7.43. The molecule has 2 heterocycles. The maximum atomic E-state index is 9.81. The largest absolute Gasteiger partial charge is 0.393 e. The molecule has 0 aromatic carbocycles. The SMILES string of the molecule is NC1CCCCC1CN1C2CCC1CC(O)C2. The zero-order chi connectivity index (χ0) is 11.8. The number of hydrogen-bond acceptors (Lipinski definition) is 3. The Labute approximate surface area is 104 Å². The molecule has 2 aliphatic heterocycles. The minimum absolute atomic E-state index is 0.0382. The summed E-state index contributed by atoms with van der Waals surface area (Å²) < 4.78 is 0. The topological polar surface area (TPSA) is 49.5 Å². The zero-order valence-corrected chi connectivity index (χ0v) is 10.7. The molecule has 3 fully saturated rings. The lowest BCUT2D eigenvalue weighted by molar-refractivity contribution is 0.0215. The van der Waals surface area contributed by atoms with Gasteiger partial charge in [0.25, 0.3) is 0 Å². The Bertz CT molecular complexity index is 257. The summed E-state index contributed by atoms with van der Waals surface area (Å²) in [6.07, 6.45) is 9.78. The van der Waals surface area contributed by atoms with Gasteiger partial charge in [-0.05, 0) is 44.4 Å². The molecule has 3 nitrogen and oxygen atoms in total. The molecule has 2 saturated heterocycles. The van der Waals surface area contributed by atoms with Crippen LogP contribution in [-0.4, -0.2) is 40.8 Å². The molecular weight excluding hydrogens is 212 g/mol. The molecule has 3 heteroatoms. The van der Waals surface area contributed by atoms with E-state index in [0.717, 1.165) is 12.8 Å². The Kier molecular flexibility index (Phi) is 3.42. The van der Waals surface area contributed by atoms with E-state index < -0.39 is 0 Å². The summed E-state index contributed by atoms with van der Waals surface area (Å²) in [7, 11) is 0. The highest BCUT2D eigenvalue weighted by molar-refractivity contribution is 4.96. The summed E-state index contributed by atoms with van der Waals surface area (Å²) in [4.78, 5) is 2.68. The lowest BCUT2D eigenvalue weighted by Crippen LogP contribution is -2.49. The monoisotopic (exact) mass is 238 g/mol. The zero-order valence-electron chi connectivity index (χ0n) is 10.7. The number of nitrogens with zero attached hydrogens (tertiary/aromatic N) is 1. The van der Waals surface area contributed by atoms with E-state index >= 15 is 0 Å². The quantitative estimate of drug-likeness (QED) is 0.766. The highest BCUT2D eigenvalue weighted by atomic mass is 16.3. The summed E-state index contributed by atoms with van der Waals surface area (Å²) in [6.45, 7) is 1.20. The predicted molar refractivity (Wildman–Crippen MR) is 68.7 cm³/mol. The van der Waals surface area contributed by atoms with Crippen LogP contribution in [0.5, 0.6) is 0 Å². The number of aliphatic hydroxyl groups excluding tert-OH is 1. The van der Waals surface area contributed by atoms with Crippen LogP contribution in [0.15, 0.2) is 0 Å². The molecule has 0 aromatic rings. The van der Waals surface area contributed by atoms with Crippen LogP contribution in [0.3, 0.4) is 0 Å². The normalized spacial score (nSPS) is 47.3. The van der Waals surface area contributed by atoms with Gasteiger partial charge in [-0.25, -0.2) is 0 Å². The molecule has 0 radical (unpaired) electrons. The Morgan fingerprint density at radius 3 is 2.29 bits per heavy atom. The van der Waals surface area contributed by atoms with Crippen LogP contribution in [0.4, 0.5) is 0 Å². The van der Waals surface area contributed by atoms with Gasteiger partial charge in [-0.1, -0.05) is 12.8 Å². The van der Waals surface area contributed by atoms with Crippen LogP contribution in [0.1, 0.15) is 51.4 Å². The van der Waals surface area contributed by atoms with Crippen LogP contribution in [0.25, 0.3) is 0 Å². The molecule has 0 spiro atoms. The van der Waals surface area contributed by atoms with Crippen LogP contribution >= 0.6 is 0 Å². The van der Waals surface area contributed by atoms with Crippen molar-refractivity contribution in [3.8, 4) is 0 Å². The minimum atomic E-state index is -0.0382. The van der Waals surface area contributed by atoms with Gasteiger partial charge in [0.2, 0.25) is 0 Å². The fourth-order valence-electron chi connectivity index (χ4n) is 4.28. The van der Waals surface area contributed by atoms with Gasteiger partial charge >= 0.3 is 0 Å². The van der Waals surface area contributed by atoms with Crippen LogP contribution in [0.2, 0.25) is 0 Å². The first-order chi connectivity index (χ1) is 8.24. The molecule has 17 heavy (non-hydrogen) atoms. The predicted octanol–water partition coefficient (Wildman–Crippen LogP) is 1.49. The molecule has 0 amide bonds. The molecule has 2 bridgehead atoms. The summed E-state index contributed by atoms with van der Waals surface area (Å²) >= 11 is 0. The Balaban J connectivity index is 1.61. The molecular formula is C14H26N2O. The van der Waals surface area contributed by atoms with Crippen molar-refractivity contribution >= 4 is 0 Å². The number of piperidine rings is 1. The van der Waals surface area contributed by atoms with Crippen molar-refractivity contribution in [3.05, 3.63) is 0 Å². The molecule has 3 N–H and O–H groups in total. The van der Waals surface area contributed by atoms with Gasteiger partial charge in [0.15, 0.2) is 0 Å². The number of rotatable bonds is 2. The molecule has 1 aliphatic carbocycles. The minimum Gasteiger partial charge on any atom is -0.393 e. The van der Waals surface area contributed by atoms with Crippen molar-refractivity contribution in [2.75, 3.05) is 6.54 Å². The van der Waals surface area contributed by atoms with Gasteiger partial charge in [-0.3, -0.25) is 4.90 Å². The summed E-state index contributed by atoms with van der Waals surface area (Å²) in [5, 5.41) is 9.81. The van der Waals surface area contributed by atoms with Crippen molar-refractivity contribution in [3.63, 3.8) is 0 Å². The molecule has 3 rings (SSSR count). The number of hydrogen-bond donors (Lipinski definition) is 2. The van der Waals surface area contributed by atoms with E-state index in [-0.39, 0.29) is 6.10 Å². The van der Waals surface area contributed by atoms with Gasteiger partial charge < -0.3 is 10.8 Å². The molecule has 0 aromatic heterocycles. The number of nitrogens with two attached hydrogens (primary N) is 1. The van der Waals surface area contributed by atoms with Crippen LogP contribution < -0.4 is 5.73 Å². The molecule has 98 valence electrons. The van der Waals surface area contributed by atoms with E-state index in [1.807, 2.05) is 0 Å². The van der Waals surface area contributed by atoms with E-state index in [1.54, 1.807) is 0 Å². The highest BCUT2D eigenvalue weighted by Crippen LogP contribution is 2.37. The first-order valence-electron chi connectivity index (χ1n) is 7.43. The fraction of sp³-hybridized carbons (Fsp3) is 1.00. The third-order valence-electron chi connectivity index (χ3n) is 5.27. The number of aliphatic hydroxyl groups is 1. The highest BCUT2D eigenvalue weighted by Gasteiger charge is 2.41. The Morgan fingerprint density at radius 1 is 1.00 bits per heavy atom. The van der Waals surface area contributed by atoms with Gasteiger partial charge in [-0.2, -0.15) is 0 Å². The van der Waals surface area contributed by atoms with Crippen LogP contribution in [-0.2, 0) is 0 Å². The van der Waals surface area contributed by atoms with Gasteiger partial charge in [0.05, 0.1) is 6.10 Å². The first kappa shape index (κ1) is 11.9. The summed E-state index contributed by atoms with van der Waals surface area (Å²) in [5.41, 5.74) is 6.26. The van der Waals surface area contributed by atoms with E-state index in [1.165, 1.54) is 45.1 Å². The third-order valence-corrected chi connectivity index (χ3v) is 5.27. The lowest BCUT2D eigenvalue weighted by Gasteiger charge is -2.41. The van der Waals surface area contributed by atoms with E-state index in [2.05, 4.69) is 4.90 Å². The van der Waals surface area contributed by atoms with E-state index in [9.17, 15) is 5.11 Å². The smallest absolute Gasteiger partial charge is 0.0570 e. The fourth-order valence-corrected chi connectivity index (χ4v) is 4.28. The van der Waals surface area contributed by atoms with Gasteiger partial charge in [0.1, 0.15) is 0 Å². The molecule has 1 saturated carbocycles. The van der Waals surface area contributed by atoms with E-state index in [4.69, 9.17) is 5.73 Å². The Morgan fingerprint density at radius 2 is 1.65 bits per heavy atom. The van der Waals surface area contributed by atoms with Gasteiger partial charge in [-0.15, -0.1) is 0 Å². The average Bonchev–Trinajstić information content (AvgIpc) is 2.56. The van der Waals surface area contributed by atoms with Crippen LogP contribution in [0, 0.1) is 5.92 Å². The second-order valence-electron chi connectivity index (χ2n) is 6.42. The second-order valence-corrected chi connectivity index (χ2v) is 6.42. The molecule has 3 aliphatic rings. The van der Waals surface area contributed by atoms with Crippen molar-refractivity contribution in [2.45, 2.75) is 75.6 Å². The second kappa shape index (κ2) is 4.87. The van der Waals surface area contributed by atoms with E-state index in [0.29, 0.717) is 24.0 Å². The summed E-state index contributed by atoms with van der Waals surface area (Å²) in [5.74, 6) is 0.710. The molecule has 4 atom stereocenters. The van der Waals surface area contributed by atoms with Crippen molar-refractivity contribution < 1.29 is 5.11 Å². The Hall–Kier alpha value is -0.120. The average molecular weight is 238 g/mol. The van der Waals surface area contributed by atoms with Crippen molar-refractivity contribution in [1.29, 1.82) is 0 Å². The van der Waals surface area contributed by atoms with Crippen molar-refractivity contribution in [2.24, 2.45) is 11.7 Å². The maximum Gasteiger partial charge on any atom is 0.0570 e. The standard InChI is InChI=1S/C14H26N2O/c15-14-4-2-1-3-10(14)9-16-11-5-6-12(16)8-13(17)7-11/h10-14,17H,1-9,15H2. The molecule has 4 unspecified atom stereocenters. The maximum absolute atomic E-state index is 9.81. The third kappa shape index (κ3) is 2.38. The summed E-state index contributed by atoms with van der Waals surface area (Å²) in [6, 6.07) is 1.73. The number of fused-ring (bicyclic) bond motifs is 2. The van der Waals surface area contributed by atoms with Crippen molar-refractivity contribution in [1.82, 2.24) is 4.90 Å². The lowest BCUT2D eigenvalue weighted by atomic mass is 9.84. The van der Waals surface area contributed by atoms with Gasteiger partial charge in [0, 0.05) is 24.7 Å².